The van der Waals surface area contributed by atoms with Crippen LogP contribution < -0.4 is 15.9 Å². The van der Waals surface area contributed by atoms with Crippen molar-refractivity contribution in [2.75, 3.05) is 6.16 Å². The van der Waals surface area contributed by atoms with E-state index in [-0.39, 0.29) is 5.41 Å². The zero-order valence-corrected chi connectivity index (χ0v) is 16.8. The molecule has 0 heterocycles. The van der Waals surface area contributed by atoms with E-state index in [4.69, 9.17) is 0 Å². The van der Waals surface area contributed by atoms with Crippen molar-refractivity contribution in [3.8, 4) is 0 Å². The van der Waals surface area contributed by atoms with Gasteiger partial charge in [-0.05, 0) is 0 Å². The summed E-state index contributed by atoms with van der Waals surface area (Å²) in [5.41, 5.74) is -0.351. The second kappa shape index (κ2) is 7.56. The molecule has 26 heavy (non-hydrogen) atoms. The Bertz CT molecular complexity index is 752. The Labute approximate surface area is 157 Å². The normalized spacial score (nSPS) is 12.6. The molecule has 0 saturated carbocycles. The van der Waals surface area contributed by atoms with E-state index in [1.54, 1.807) is 0 Å². The first-order chi connectivity index (χ1) is 12.4. The molecule has 0 aliphatic carbocycles. The van der Waals surface area contributed by atoms with Gasteiger partial charge in [0.25, 0.3) is 0 Å². The van der Waals surface area contributed by atoms with Crippen LogP contribution in [-0.4, -0.2) is 11.9 Å². The Hall–Kier alpha value is -2.24. The molecule has 0 bridgehead atoms. The predicted octanol–water partition coefficient (Wildman–Crippen LogP) is 4.33. The molecule has 3 aromatic carbocycles. The molecule has 0 spiro atoms. The number of rotatable bonds is 5. The van der Waals surface area contributed by atoms with Crippen LogP contribution in [0.3, 0.4) is 0 Å². The van der Waals surface area contributed by atoms with Crippen molar-refractivity contribution >= 4 is 29.0 Å². The average molecular weight is 362 g/mol. The Morgan fingerprint density at radius 1 is 0.654 bits per heavy atom. The van der Waals surface area contributed by atoms with Gasteiger partial charge in [-0.2, -0.15) is 0 Å². The fraction of sp³-hybridized carbons (Fsp3) is 0.208. The van der Waals surface area contributed by atoms with Crippen molar-refractivity contribution < 1.29 is 4.79 Å². The van der Waals surface area contributed by atoms with Gasteiger partial charge in [0.05, 0.1) is 0 Å². The predicted molar refractivity (Wildman–Crippen MR) is 116 cm³/mol. The zero-order valence-electron chi connectivity index (χ0n) is 15.8. The van der Waals surface area contributed by atoms with Gasteiger partial charge in [0, 0.05) is 0 Å². The SMILES string of the molecule is CC(C)(C)C(=O)C[PH](c1ccccc1)(c1ccccc1)c1ccccc1. The van der Waals surface area contributed by atoms with E-state index in [2.05, 4.69) is 72.8 Å². The van der Waals surface area contributed by atoms with Crippen LogP contribution in [0.4, 0.5) is 0 Å². The zero-order chi connectivity index (χ0) is 18.6. The summed E-state index contributed by atoms with van der Waals surface area (Å²) in [6, 6.07) is 31.8. The fourth-order valence-electron chi connectivity index (χ4n) is 3.48. The van der Waals surface area contributed by atoms with E-state index in [1.807, 2.05) is 39.0 Å². The summed E-state index contributed by atoms with van der Waals surface area (Å²) in [5.74, 6) is 0.320. The molecule has 0 aromatic heterocycles. The molecule has 0 aliphatic rings. The molecule has 0 radical (unpaired) electrons. The minimum absolute atomic E-state index is 0.320. The van der Waals surface area contributed by atoms with Crippen LogP contribution in [0, 0.1) is 5.41 Å². The van der Waals surface area contributed by atoms with Crippen LogP contribution in [0.25, 0.3) is 0 Å². The van der Waals surface area contributed by atoms with E-state index in [0.717, 1.165) is 0 Å². The second-order valence-electron chi connectivity index (χ2n) is 7.85. The quantitative estimate of drug-likeness (QED) is 0.618. The molecule has 0 amide bonds. The first-order valence-corrected chi connectivity index (χ1v) is 11.4. The summed E-state index contributed by atoms with van der Waals surface area (Å²) in [7, 11) is -2.45. The molecule has 0 aliphatic heterocycles. The van der Waals surface area contributed by atoms with Gasteiger partial charge >= 0.3 is 157 Å². The fourth-order valence-corrected chi connectivity index (χ4v) is 8.39. The molecule has 2 heteroatoms. The van der Waals surface area contributed by atoms with Crippen molar-refractivity contribution in [2.24, 2.45) is 5.41 Å². The molecule has 1 nitrogen and oxygen atoms in total. The summed E-state index contributed by atoms with van der Waals surface area (Å²) in [4.78, 5) is 13.2. The van der Waals surface area contributed by atoms with Gasteiger partial charge in [0.1, 0.15) is 0 Å². The Morgan fingerprint density at radius 2 is 0.962 bits per heavy atom. The van der Waals surface area contributed by atoms with E-state index in [0.29, 0.717) is 11.9 Å². The van der Waals surface area contributed by atoms with E-state index < -0.39 is 7.26 Å². The number of carbonyl (C=O) groups excluding carboxylic acids is 1. The Morgan fingerprint density at radius 3 is 1.23 bits per heavy atom. The van der Waals surface area contributed by atoms with Gasteiger partial charge in [-0.1, -0.05) is 0 Å². The summed E-state index contributed by atoms with van der Waals surface area (Å²) in [6.07, 6.45) is 0.578. The van der Waals surface area contributed by atoms with Crippen molar-refractivity contribution in [1.29, 1.82) is 0 Å². The van der Waals surface area contributed by atoms with Crippen molar-refractivity contribution in [3.63, 3.8) is 0 Å². The third kappa shape index (κ3) is 3.64. The van der Waals surface area contributed by atoms with E-state index in [9.17, 15) is 4.79 Å². The number of ketones is 1. The molecule has 0 N–H and O–H groups in total. The number of hydrogen-bond acceptors (Lipinski definition) is 1. The van der Waals surface area contributed by atoms with Gasteiger partial charge in [0.2, 0.25) is 0 Å². The van der Waals surface area contributed by atoms with Gasteiger partial charge < -0.3 is 0 Å². The van der Waals surface area contributed by atoms with Crippen LogP contribution in [-0.2, 0) is 4.79 Å². The third-order valence-corrected chi connectivity index (χ3v) is 9.87. The Balaban J connectivity index is 2.30. The molecule has 0 saturated heterocycles. The van der Waals surface area contributed by atoms with E-state index in [1.165, 1.54) is 15.9 Å². The van der Waals surface area contributed by atoms with Crippen molar-refractivity contribution in [3.05, 3.63) is 91.0 Å². The van der Waals surface area contributed by atoms with Crippen LogP contribution in [0.5, 0.6) is 0 Å². The maximum absolute atomic E-state index is 13.2. The average Bonchev–Trinajstić information content (AvgIpc) is 2.67. The minimum atomic E-state index is -2.45. The summed E-state index contributed by atoms with van der Waals surface area (Å²) < 4.78 is 0. The monoisotopic (exact) mass is 362 g/mol. The maximum atomic E-state index is 13.2. The standard InChI is InChI=1S/C24H27OP/c1-24(2,3)23(25)19-26(20-13-7-4-8-14-20,21-15-9-5-10-16-21)22-17-11-6-12-18-22/h4-18,26H,19H2,1-3H3. The molecule has 0 fully saturated rings. The summed E-state index contributed by atoms with van der Waals surface area (Å²) in [6.45, 7) is 6.07. The van der Waals surface area contributed by atoms with Crippen molar-refractivity contribution in [1.82, 2.24) is 0 Å². The van der Waals surface area contributed by atoms with Crippen molar-refractivity contribution in [2.45, 2.75) is 20.8 Å². The number of Topliss-reactive ketones (excluding diaryl/α,β-unsaturated/α-hetero) is 1. The summed E-state index contributed by atoms with van der Waals surface area (Å²) >= 11 is 0. The van der Waals surface area contributed by atoms with Crippen LogP contribution in [0.15, 0.2) is 91.0 Å². The number of carbonyl (C=O) groups is 1. The molecule has 3 aromatic rings. The topological polar surface area (TPSA) is 17.1 Å². The van der Waals surface area contributed by atoms with Gasteiger partial charge in [0.15, 0.2) is 0 Å². The van der Waals surface area contributed by atoms with Crippen LogP contribution >= 0.6 is 7.26 Å². The molecular formula is C24H27OP. The Kier molecular flexibility index (Phi) is 5.39. The molecule has 0 atom stereocenters. The van der Waals surface area contributed by atoms with Crippen LogP contribution in [0.1, 0.15) is 20.8 Å². The van der Waals surface area contributed by atoms with E-state index >= 15 is 0 Å². The molecule has 0 unspecified atom stereocenters. The van der Waals surface area contributed by atoms with Gasteiger partial charge in [-0.25, -0.2) is 0 Å². The third-order valence-electron chi connectivity index (χ3n) is 5.06. The van der Waals surface area contributed by atoms with Crippen LogP contribution in [0.2, 0.25) is 0 Å². The first kappa shape index (κ1) is 18.5. The van der Waals surface area contributed by atoms with Gasteiger partial charge in [-0.3, -0.25) is 0 Å². The molecule has 134 valence electrons. The van der Waals surface area contributed by atoms with Gasteiger partial charge in [-0.15, -0.1) is 0 Å². The molecular weight excluding hydrogens is 335 g/mol. The number of benzene rings is 3. The summed E-state index contributed by atoms with van der Waals surface area (Å²) in [5, 5.41) is 3.86. The first-order valence-electron chi connectivity index (χ1n) is 9.14. The number of hydrogen-bond donors (Lipinski definition) is 0. The second-order valence-corrected chi connectivity index (χ2v) is 11.7. The molecule has 3 rings (SSSR count).